The van der Waals surface area contributed by atoms with Gasteiger partial charge in [0, 0.05) is 12.7 Å². The van der Waals surface area contributed by atoms with Gasteiger partial charge >= 0.3 is 6.18 Å². The maximum absolute atomic E-state index is 12.3. The van der Waals surface area contributed by atoms with E-state index in [1.54, 1.807) is 0 Å². The predicted molar refractivity (Wildman–Crippen MR) is 59.6 cm³/mol. The number of aryl methyl sites for hydroxylation is 1. The molecule has 0 atom stereocenters. The van der Waals surface area contributed by atoms with Crippen LogP contribution in [0.2, 0.25) is 0 Å². The highest BCUT2D eigenvalue weighted by atomic mass is 19.4. The molecule has 0 amide bonds. The number of hydrogen-bond acceptors (Lipinski definition) is 2. The molecule has 1 heterocycles. The monoisotopic (exact) mass is 249 g/mol. The van der Waals surface area contributed by atoms with Crippen molar-refractivity contribution in [2.75, 3.05) is 13.6 Å². The number of nitrogens with one attached hydrogen (secondary N) is 1. The Balaban J connectivity index is 2.21. The maximum Gasteiger partial charge on any atom is 0.419 e. The van der Waals surface area contributed by atoms with Gasteiger partial charge in [0.25, 0.3) is 0 Å². The number of aromatic nitrogens is 2. The summed E-state index contributed by atoms with van der Waals surface area (Å²) in [6, 6.07) is 0. The fourth-order valence-electron chi connectivity index (χ4n) is 1.56. The molecule has 98 valence electrons. The van der Waals surface area contributed by atoms with Crippen LogP contribution in [0.25, 0.3) is 0 Å². The van der Waals surface area contributed by atoms with Gasteiger partial charge in [-0.3, -0.25) is 4.68 Å². The lowest BCUT2D eigenvalue weighted by Crippen LogP contribution is -2.07. The van der Waals surface area contributed by atoms with E-state index in [9.17, 15) is 13.2 Å². The first-order valence-electron chi connectivity index (χ1n) is 5.78. The third-order valence-corrected chi connectivity index (χ3v) is 2.52. The highest BCUT2D eigenvalue weighted by Gasteiger charge is 2.31. The lowest BCUT2D eigenvalue weighted by Gasteiger charge is -2.03. The van der Waals surface area contributed by atoms with Gasteiger partial charge in [-0.25, -0.2) is 0 Å². The van der Waals surface area contributed by atoms with Crippen LogP contribution in [-0.2, 0) is 12.7 Å². The minimum Gasteiger partial charge on any atom is -0.320 e. The van der Waals surface area contributed by atoms with Crippen molar-refractivity contribution in [2.45, 2.75) is 38.4 Å². The number of halogens is 3. The molecule has 3 nitrogen and oxygen atoms in total. The first-order valence-corrected chi connectivity index (χ1v) is 5.78. The Bertz CT molecular complexity index is 320. The Labute approximate surface area is 99.0 Å². The van der Waals surface area contributed by atoms with E-state index >= 15 is 0 Å². The van der Waals surface area contributed by atoms with Gasteiger partial charge in [-0.2, -0.15) is 18.3 Å². The maximum atomic E-state index is 12.3. The molecule has 0 unspecified atom stereocenters. The summed E-state index contributed by atoms with van der Waals surface area (Å²) in [6.07, 6.45) is 1.73. The molecular formula is C11H18F3N3. The topological polar surface area (TPSA) is 29.9 Å². The Morgan fingerprint density at radius 1 is 1.24 bits per heavy atom. The second-order valence-corrected chi connectivity index (χ2v) is 4.01. The molecule has 6 heteroatoms. The fraction of sp³-hybridized carbons (Fsp3) is 0.727. The third-order valence-electron chi connectivity index (χ3n) is 2.52. The zero-order chi connectivity index (χ0) is 12.7. The predicted octanol–water partition coefficient (Wildman–Crippen LogP) is 2.68. The van der Waals surface area contributed by atoms with E-state index < -0.39 is 11.7 Å². The second-order valence-electron chi connectivity index (χ2n) is 4.01. The summed E-state index contributed by atoms with van der Waals surface area (Å²) < 4.78 is 38.2. The standard InChI is InChI=1S/C11H18F3N3/c1-15-6-4-2-3-5-7-17-9-10(8-16-17)11(12,13)14/h8-9,15H,2-7H2,1H3. The van der Waals surface area contributed by atoms with Crippen LogP contribution < -0.4 is 5.32 Å². The normalized spacial score (nSPS) is 12.0. The smallest absolute Gasteiger partial charge is 0.320 e. The van der Waals surface area contributed by atoms with E-state index in [2.05, 4.69) is 10.4 Å². The molecule has 0 saturated heterocycles. The molecular weight excluding hydrogens is 231 g/mol. The van der Waals surface area contributed by atoms with E-state index in [4.69, 9.17) is 0 Å². The fourth-order valence-corrected chi connectivity index (χ4v) is 1.56. The molecule has 1 N–H and O–H groups in total. The van der Waals surface area contributed by atoms with E-state index in [0.717, 1.165) is 44.6 Å². The minimum absolute atomic E-state index is 0.551. The van der Waals surface area contributed by atoms with Crippen molar-refractivity contribution < 1.29 is 13.2 Å². The Kier molecular flexibility index (Phi) is 5.47. The molecule has 0 spiro atoms. The highest BCUT2D eigenvalue weighted by Crippen LogP contribution is 2.28. The van der Waals surface area contributed by atoms with E-state index in [1.165, 1.54) is 4.68 Å². The van der Waals surface area contributed by atoms with E-state index in [0.29, 0.717) is 6.54 Å². The average molecular weight is 249 g/mol. The van der Waals surface area contributed by atoms with Gasteiger partial charge in [-0.1, -0.05) is 12.8 Å². The van der Waals surface area contributed by atoms with Gasteiger partial charge in [0.05, 0.1) is 11.8 Å². The summed E-state index contributed by atoms with van der Waals surface area (Å²) in [5, 5.41) is 6.75. The molecule has 0 fully saturated rings. The van der Waals surface area contributed by atoms with Crippen LogP contribution in [0, 0.1) is 0 Å². The van der Waals surface area contributed by atoms with Gasteiger partial charge in [0.15, 0.2) is 0 Å². The number of hydrogen-bond donors (Lipinski definition) is 1. The highest BCUT2D eigenvalue weighted by molar-refractivity contribution is 5.08. The van der Waals surface area contributed by atoms with Crippen molar-refractivity contribution in [1.29, 1.82) is 0 Å². The Morgan fingerprint density at radius 2 is 1.94 bits per heavy atom. The Morgan fingerprint density at radius 3 is 2.53 bits per heavy atom. The molecule has 0 radical (unpaired) electrons. The molecule has 1 aromatic rings. The zero-order valence-electron chi connectivity index (χ0n) is 9.93. The SMILES string of the molecule is CNCCCCCCn1cc(C(F)(F)F)cn1. The van der Waals surface area contributed by atoms with Crippen molar-refractivity contribution >= 4 is 0 Å². The number of alkyl halides is 3. The van der Waals surface area contributed by atoms with Crippen LogP contribution in [0.3, 0.4) is 0 Å². The van der Waals surface area contributed by atoms with Crippen molar-refractivity contribution in [1.82, 2.24) is 15.1 Å². The number of rotatable bonds is 7. The van der Waals surface area contributed by atoms with E-state index in [1.807, 2.05) is 7.05 Å². The van der Waals surface area contributed by atoms with Crippen LogP contribution in [0.1, 0.15) is 31.2 Å². The summed E-state index contributed by atoms with van der Waals surface area (Å²) in [7, 11) is 1.91. The van der Waals surface area contributed by atoms with Crippen LogP contribution in [0.5, 0.6) is 0 Å². The van der Waals surface area contributed by atoms with Crippen LogP contribution in [0.15, 0.2) is 12.4 Å². The molecule has 0 aliphatic carbocycles. The molecule has 0 aliphatic rings. The first kappa shape index (κ1) is 14.0. The summed E-state index contributed by atoms with van der Waals surface area (Å²) in [5.41, 5.74) is -0.673. The van der Waals surface area contributed by atoms with Crippen LogP contribution in [-0.4, -0.2) is 23.4 Å². The lowest BCUT2D eigenvalue weighted by molar-refractivity contribution is -0.137. The van der Waals surface area contributed by atoms with E-state index in [-0.39, 0.29) is 0 Å². The number of nitrogens with zero attached hydrogens (tertiary/aromatic N) is 2. The van der Waals surface area contributed by atoms with Crippen LogP contribution >= 0.6 is 0 Å². The van der Waals surface area contributed by atoms with Gasteiger partial charge < -0.3 is 5.32 Å². The summed E-state index contributed by atoms with van der Waals surface area (Å²) in [6.45, 7) is 1.54. The van der Waals surface area contributed by atoms with Gasteiger partial charge in [0.2, 0.25) is 0 Å². The lowest BCUT2D eigenvalue weighted by atomic mass is 10.2. The third kappa shape index (κ3) is 5.21. The quantitative estimate of drug-likeness (QED) is 0.753. The molecule has 0 aliphatic heterocycles. The van der Waals surface area contributed by atoms with Crippen molar-refractivity contribution in [3.8, 4) is 0 Å². The summed E-state index contributed by atoms with van der Waals surface area (Å²) in [4.78, 5) is 0. The summed E-state index contributed by atoms with van der Waals surface area (Å²) in [5.74, 6) is 0. The summed E-state index contributed by atoms with van der Waals surface area (Å²) >= 11 is 0. The molecule has 1 rings (SSSR count). The minimum atomic E-state index is -4.29. The number of unbranched alkanes of at least 4 members (excludes halogenated alkanes) is 3. The Hall–Kier alpha value is -1.04. The van der Waals surface area contributed by atoms with Crippen LogP contribution in [0.4, 0.5) is 13.2 Å². The average Bonchev–Trinajstić information content (AvgIpc) is 2.71. The van der Waals surface area contributed by atoms with Crippen molar-refractivity contribution in [2.24, 2.45) is 0 Å². The van der Waals surface area contributed by atoms with Crippen molar-refractivity contribution in [3.05, 3.63) is 18.0 Å². The van der Waals surface area contributed by atoms with Gasteiger partial charge in [0.1, 0.15) is 0 Å². The first-order chi connectivity index (χ1) is 8.04. The largest absolute Gasteiger partial charge is 0.419 e. The van der Waals surface area contributed by atoms with Gasteiger partial charge in [-0.05, 0) is 26.4 Å². The molecule has 0 bridgehead atoms. The second kappa shape index (κ2) is 6.64. The molecule has 0 aromatic carbocycles. The van der Waals surface area contributed by atoms with Crippen molar-refractivity contribution in [3.63, 3.8) is 0 Å². The molecule has 1 aromatic heterocycles. The van der Waals surface area contributed by atoms with Gasteiger partial charge in [-0.15, -0.1) is 0 Å². The zero-order valence-corrected chi connectivity index (χ0v) is 9.93. The molecule has 17 heavy (non-hydrogen) atoms. The molecule has 0 saturated carbocycles.